The lowest BCUT2D eigenvalue weighted by atomic mass is 9.70. The lowest BCUT2D eigenvalue weighted by Gasteiger charge is -2.42. The molecule has 0 N–H and O–H groups in total. The van der Waals surface area contributed by atoms with E-state index in [1.807, 2.05) is 49.2 Å². The molecule has 1 atom stereocenters. The molecule has 1 amide bonds. The summed E-state index contributed by atoms with van der Waals surface area (Å²) in [6, 6.07) is 12.7. The molecule has 1 unspecified atom stereocenters. The molecule has 6 heteroatoms. The Kier molecular flexibility index (Phi) is 7.18. The number of hydrogen-bond donors (Lipinski definition) is 0. The Bertz CT molecular complexity index is 843. The highest BCUT2D eigenvalue weighted by atomic mass is 79.9. The quantitative estimate of drug-likeness (QED) is 0.483. The van der Waals surface area contributed by atoms with E-state index in [9.17, 15) is 9.18 Å². The van der Waals surface area contributed by atoms with Gasteiger partial charge in [-0.3, -0.25) is 4.79 Å². The number of piperidine rings is 1. The summed E-state index contributed by atoms with van der Waals surface area (Å²) in [6.07, 6.45) is 2.22. The number of carbonyl (C=O) groups excluding carboxylic acids is 1. The summed E-state index contributed by atoms with van der Waals surface area (Å²) < 4.78 is 15.5. The van der Waals surface area contributed by atoms with Gasteiger partial charge in [-0.05, 0) is 81.4 Å². The van der Waals surface area contributed by atoms with Crippen LogP contribution in [-0.4, -0.2) is 42.9 Å². The van der Waals surface area contributed by atoms with Crippen molar-refractivity contribution in [3.8, 4) is 0 Å². The van der Waals surface area contributed by atoms with Crippen LogP contribution in [0.25, 0.3) is 0 Å². The van der Waals surface area contributed by atoms with E-state index in [1.54, 1.807) is 0 Å². The molecule has 3 nitrogen and oxygen atoms in total. The number of carbonyl (C=O) groups is 1. The van der Waals surface area contributed by atoms with Gasteiger partial charge < -0.3 is 9.80 Å². The molecule has 1 aliphatic heterocycles. The summed E-state index contributed by atoms with van der Waals surface area (Å²) in [6.45, 7) is 3.91. The third-order valence-corrected chi connectivity index (χ3v) is 7.15. The predicted molar refractivity (Wildman–Crippen MR) is 122 cm³/mol. The van der Waals surface area contributed by atoms with Crippen LogP contribution < -0.4 is 0 Å². The Morgan fingerprint density at radius 3 is 2.24 bits per heavy atom. The molecule has 29 heavy (non-hydrogen) atoms. The van der Waals surface area contributed by atoms with Crippen molar-refractivity contribution in [2.45, 2.75) is 37.6 Å². The molecule has 0 spiro atoms. The number of rotatable bonds is 5. The molecule has 156 valence electrons. The van der Waals surface area contributed by atoms with Crippen molar-refractivity contribution in [3.63, 3.8) is 0 Å². The average molecular weight is 526 g/mol. The molecule has 1 heterocycles. The second-order valence-corrected chi connectivity index (χ2v) is 9.98. The zero-order chi connectivity index (χ0) is 21.2. The molecule has 1 fully saturated rings. The topological polar surface area (TPSA) is 23.6 Å². The van der Waals surface area contributed by atoms with Crippen LogP contribution >= 0.6 is 31.9 Å². The molecule has 0 saturated carbocycles. The van der Waals surface area contributed by atoms with Crippen molar-refractivity contribution < 1.29 is 9.18 Å². The monoisotopic (exact) mass is 524 g/mol. The highest BCUT2D eigenvalue weighted by Crippen LogP contribution is 2.39. The fourth-order valence-corrected chi connectivity index (χ4v) is 5.42. The number of amides is 1. The van der Waals surface area contributed by atoms with E-state index in [1.165, 1.54) is 12.1 Å². The minimum absolute atomic E-state index is 0.0483. The van der Waals surface area contributed by atoms with Gasteiger partial charge in [0.25, 0.3) is 0 Å². The van der Waals surface area contributed by atoms with Gasteiger partial charge in [0, 0.05) is 27.8 Å². The van der Waals surface area contributed by atoms with Gasteiger partial charge in [-0.2, -0.15) is 0 Å². The molecule has 0 aromatic heterocycles. The molecule has 0 bridgehead atoms. The summed E-state index contributed by atoms with van der Waals surface area (Å²) in [5.41, 5.74) is 1.89. The van der Waals surface area contributed by atoms with E-state index in [2.05, 4.69) is 43.8 Å². The van der Waals surface area contributed by atoms with Gasteiger partial charge >= 0.3 is 0 Å². The number of halogens is 3. The molecule has 2 aromatic rings. The van der Waals surface area contributed by atoms with Gasteiger partial charge in [0.05, 0.1) is 6.04 Å². The maximum absolute atomic E-state index is 13.5. The van der Waals surface area contributed by atoms with Crippen molar-refractivity contribution in [2.75, 3.05) is 27.2 Å². The second kappa shape index (κ2) is 9.27. The number of benzene rings is 2. The lowest BCUT2D eigenvalue weighted by Crippen LogP contribution is -2.44. The van der Waals surface area contributed by atoms with Gasteiger partial charge in [-0.15, -0.1) is 0 Å². The maximum Gasteiger partial charge on any atom is 0.223 e. The Balaban J connectivity index is 1.83. The van der Waals surface area contributed by atoms with E-state index in [0.717, 1.165) is 46.0 Å². The first kappa shape index (κ1) is 22.4. The van der Waals surface area contributed by atoms with Crippen LogP contribution in [0.3, 0.4) is 0 Å². The first-order valence-corrected chi connectivity index (χ1v) is 11.4. The van der Waals surface area contributed by atoms with Crippen molar-refractivity contribution in [1.82, 2.24) is 9.80 Å². The highest BCUT2D eigenvalue weighted by Gasteiger charge is 2.38. The Labute approximate surface area is 189 Å². The van der Waals surface area contributed by atoms with Gasteiger partial charge in [0.1, 0.15) is 5.82 Å². The van der Waals surface area contributed by atoms with E-state index in [0.29, 0.717) is 6.42 Å². The van der Waals surface area contributed by atoms with Crippen molar-refractivity contribution in [2.24, 2.45) is 0 Å². The molecular weight excluding hydrogens is 499 g/mol. The highest BCUT2D eigenvalue weighted by molar-refractivity contribution is 9.11. The maximum atomic E-state index is 13.5. The summed E-state index contributed by atoms with van der Waals surface area (Å²) in [5, 5.41) is 0. The predicted octanol–water partition coefficient (Wildman–Crippen LogP) is 5.92. The van der Waals surface area contributed by atoms with Crippen LogP contribution in [0.15, 0.2) is 51.4 Å². The van der Waals surface area contributed by atoms with Gasteiger partial charge in [-0.1, -0.05) is 44.0 Å². The first-order chi connectivity index (χ1) is 13.7. The van der Waals surface area contributed by atoms with Crippen molar-refractivity contribution in [1.29, 1.82) is 0 Å². The minimum atomic E-state index is -0.247. The zero-order valence-electron chi connectivity index (χ0n) is 17.1. The van der Waals surface area contributed by atoms with Crippen LogP contribution in [0.1, 0.15) is 43.4 Å². The van der Waals surface area contributed by atoms with E-state index >= 15 is 0 Å². The molecule has 1 saturated heterocycles. The van der Waals surface area contributed by atoms with Crippen molar-refractivity contribution in [3.05, 3.63) is 68.4 Å². The van der Waals surface area contributed by atoms with E-state index in [-0.39, 0.29) is 23.2 Å². The zero-order valence-corrected chi connectivity index (χ0v) is 20.3. The SMILES string of the molecule is CC(c1cc(Br)cc(Br)c1)N(C)C(=O)CC1(c2ccc(F)cc2)CCN(C)CC1. The molecular formula is C23H27Br2FN2O. The smallest absolute Gasteiger partial charge is 0.223 e. The minimum Gasteiger partial charge on any atom is -0.339 e. The summed E-state index contributed by atoms with van der Waals surface area (Å²) in [4.78, 5) is 17.5. The van der Waals surface area contributed by atoms with Crippen molar-refractivity contribution >= 4 is 37.8 Å². The number of likely N-dealkylation sites (tertiary alicyclic amines) is 1. The molecule has 3 rings (SSSR count). The molecule has 1 aliphatic rings. The first-order valence-electron chi connectivity index (χ1n) is 9.86. The van der Waals surface area contributed by atoms with E-state index in [4.69, 9.17) is 0 Å². The molecule has 0 radical (unpaired) electrons. The fraction of sp³-hybridized carbons (Fsp3) is 0.435. The van der Waals surface area contributed by atoms with Gasteiger partial charge in [0.15, 0.2) is 0 Å². The van der Waals surface area contributed by atoms with Gasteiger partial charge in [-0.25, -0.2) is 4.39 Å². The third-order valence-electron chi connectivity index (χ3n) is 6.23. The summed E-state index contributed by atoms with van der Waals surface area (Å²) >= 11 is 7.06. The second-order valence-electron chi connectivity index (χ2n) is 8.15. The Morgan fingerprint density at radius 1 is 1.14 bits per heavy atom. The van der Waals surface area contributed by atoms with Crippen LogP contribution in [0.2, 0.25) is 0 Å². The lowest BCUT2D eigenvalue weighted by molar-refractivity contribution is -0.133. The van der Waals surface area contributed by atoms with Crippen LogP contribution in [0, 0.1) is 5.82 Å². The summed E-state index contributed by atoms with van der Waals surface area (Å²) in [5.74, 6) is -0.128. The number of hydrogen-bond acceptors (Lipinski definition) is 2. The van der Waals surface area contributed by atoms with Crippen LogP contribution in [0.5, 0.6) is 0 Å². The molecule has 0 aliphatic carbocycles. The standard InChI is InChI=1S/C23H27Br2FN2O/c1-16(17-12-19(24)14-20(25)13-17)28(3)22(29)15-23(8-10-27(2)11-9-23)18-4-6-21(26)7-5-18/h4-7,12-14,16H,8-11,15H2,1-3H3. The average Bonchev–Trinajstić information content (AvgIpc) is 2.68. The Hall–Kier alpha value is -1.24. The van der Waals surface area contributed by atoms with Crippen LogP contribution in [0.4, 0.5) is 4.39 Å². The Morgan fingerprint density at radius 2 is 1.69 bits per heavy atom. The fourth-order valence-electron chi connectivity index (χ4n) is 4.09. The summed E-state index contributed by atoms with van der Waals surface area (Å²) in [7, 11) is 3.98. The van der Waals surface area contributed by atoms with Gasteiger partial charge in [0.2, 0.25) is 5.91 Å². The van der Waals surface area contributed by atoms with Crippen LogP contribution in [-0.2, 0) is 10.2 Å². The number of nitrogens with zero attached hydrogens (tertiary/aromatic N) is 2. The molecule has 2 aromatic carbocycles. The largest absolute Gasteiger partial charge is 0.339 e. The normalized spacial score (nSPS) is 17.7. The van der Waals surface area contributed by atoms with E-state index < -0.39 is 0 Å². The third kappa shape index (κ3) is 5.28.